The average molecular weight is 766 g/mol. The molecule has 0 bridgehead atoms. The number of ether oxygens (including phenoxy) is 2. The van der Waals surface area contributed by atoms with Gasteiger partial charge in [-0.2, -0.15) is 5.10 Å². The number of benzene rings is 4. The van der Waals surface area contributed by atoms with Gasteiger partial charge >= 0.3 is 0 Å². The van der Waals surface area contributed by atoms with Gasteiger partial charge in [0.15, 0.2) is 0 Å². The lowest BCUT2D eigenvalue weighted by Crippen LogP contribution is -2.31. The molecule has 4 aromatic carbocycles. The number of aryl methyl sites for hydroxylation is 6. The van der Waals surface area contributed by atoms with E-state index in [2.05, 4.69) is 4.57 Å². The molecular weight excluding hydrogens is 723 g/mol. The van der Waals surface area contributed by atoms with Gasteiger partial charge in [-0.1, -0.05) is 41.4 Å². The number of rotatable bonds is 11. The maximum Gasteiger partial charge on any atom is 0.298 e. The first-order valence-electron chi connectivity index (χ1n) is 18.0. The van der Waals surface area contributed by atoms with Crippen LogP contribution in [0.4, 0.5) is 0 Å². The molecule has 0 atom stereocenters. The molecule has 54 heavy (non-hydrogen) atoms. The Labute approximate surface area is 324 Å². The Morgan fingerprint density at radius 3 is 2.31 bits per heavy atom. The van der Waals surface area contributed by atoms with E-state index in [1.54, 1.807) is 36.4 Å². The van der Waals surface area contributed by atoms with Crippen LogP contribution in [0.25, 0.3) is 33.2 Å². The number of fused-ring (bicyclic) bond motifs is 3. The highest BCUT2D eigenvalue weighted by Gasteiger charge is 2.32. The van der Waals surface area contributed by atoms with Crippen molar-refractivity contribution in [2.24, 2.45) is 7.05 Å². The zero-order valence-corrected chi connectivity index (χ0v) is 32.5. The molecule has 0 unspecified atom stereocenters. The number of aromatic nitrogens is 3. The maximum absolute atomic E-state index is 15.0. The molecule has 3 heterocycles. The second kappa shape index (κ2) is 15.2. The summed E-state index contributed by atoms with van der Waals surface area (Å²) in [5.41, 5.74) is 10.6. The van der Waals surface area contributed by atoms with Crippen LogP contribution in [0, 0.1) is 27.7 Å². The number of phenols is 1. The summed E-state index contributed by atoms with van der Waals surface area (Å²) in [5.74, 6) is 1.20. The van der Waals surface area contributed by atoms with E-state index in [1.807, 2.05) is 74.7 Å². The summed E-state index contributed by atoms with van der Waals surface area (Å²) in [4.78, 5) is 28.2. The average Bonchev–Trinajstić information content (AvgIpc) is 3.52. The second-order valence-electron chi connectivity index (χ2n) is 14.0. The van der Waals surface area contributed by atoms with Gasteiger partial charge in [0.05, 0.1) is 22.8 Å². The molecule has 1 aliphatic heterocycles. The van der Waals surface area contributed by atoms with Crippen LogP contribution < -0.4 is 9.47 Å². The van der Waals surface area contributed by atoms with E-state index in [0.29, 0.717) is 68.4 Å². The zero-order chi connectivity index (χ0) is 38.3. The van der Waals surface area contributed by atoms with Crippen molar-refractivity contribution in [2.45, 2.75) is 60.0 Å². The Morgan fingerprint density at radius 1 is 0.889 bits per heavy atom. The normalized spacial score (nSPS) is 12.9. The Bertz CT molecular complexity index is 2390. The van der Waals surface area contributed by atoms with Crippen LogP contribution in [0.15, 0.2) is 66.7 Å². The lowest BCUT2D eigenvalue weighted by atomic mass is 9.98. The van der Waals surface area contributed by atoms with Crippen LogP contribution in [-0.4, -0.2) is 49.9 Å². The van der Waals surface area contributed by atoms with Crippen molar-refractivity contribution < 1.29 is 24.2 Å². The SMILES string of the molecule is Cc1cc(OCCCc2c3n(c4c(-c5c(C)nn(C)c5C)c(Cl)ccc24)CCCN(Cc2cc(OC=O)cc(-c4ccc(O)cc4)c2)C3=O)cc(C)c1Cl. The zero-order valence-electron chi connectivity index (χ0n) is 31.0. The van der Waals surface area contributed by atoms with Gasteiger partial charge in [-0.25, -0.2) is 0 Å². The van der Waals surface area contributed by atoms with Crippen molar-refractivity contribution in [1.29, 1.82) is 0 Å². The fraction of sp³-hybridized carbons (Fsp3) is 0.279. The van der Waals surface area contributed by atoms with E-state index >= 15 is 0 Å². The largest absolute Gasteiger partial charge is 0.508 e. The molecule has 0 spiro atoms. The summed E-state index contributed by atoms with van der Waals surface area (Å²) in [6.07, 6.45) is 1.99. The summed E-state index contributed by atoms with van der Waals surface area (Å²) in [6, 6.07) is 20.2. The second-order valence-corrected chi connectivity index (χ2v) is 14.8. The predicted molar refractivity (Wildman–Crippen MR) is 213 cm³/mol. The smallest absolute Gasteiger partial charge is 0.298 e. The first kappa shape index (κ1) is 37.1. The number of hydrogen-bond acceptors (Lipinski definition) is 6. The molecule has 1 amide bonds. The van der Waals surface area contributed by atoms with E-state index in [4.69, 9.17) is 37.8 Å². The van der Waals surface area contributed by atoms with Crippen LogP contribution in [0.5, 0.6) is 17.2 Å². The van der Waals surface area contributed by atoms with Gasteiger partial charge in [0.2, 0.25) is 0 Å². The van der Waals surface area contributed by atoms with E-state index < -0.39 is 0 Å². The van der Waals surface area contributed by atoms with Crippen LogP contribution in [-0.2, 0) is 31.4 Å². The van der Waals surface area contributed by atoms with E-state index in [0.717, 1.165) is 77.6 Å². The Kier molecular flexibility index (Phi) is 10.5. The van der Waals surface area contributed by atoms with Crippen LogP contribution in [0.1, 0.15) is 57.0 Å². The molecule has 0 saturated carbocycles. The minimum Gasteiger partial charge on any atom is -0.508 e. The fourth-order valence-corrected chi connectivity index (χ4v) is 8.11. The number of amides is 1. The Hall–Kier alpha value is -5.25. The number of carbonyl (C=O) groups excluding carboxylic acids is 2. The van der Waals surface area contributed by atoms with E-state index in [9.17, 15) is 14.7 Å². The highest BCUT2D eigenvalue weighted by Crippen LogP contribution is 2.43. The third kappa shape index (κ3) is 7.06. The third-order valence-electron chi connectivity index (χ3n) is 10.3. The maximum atomic E-state index is 15.0. The van der Waals surface area contributed by atoms with E-state index in [-0.39, 0.29) is 11.7 Å². The summed E-state index contributed by atoms with van der Waals surface area (Å²) in [5, 5.41) is 16.9. The summed E-state index contributed by atoms with van der Waals surface area (Å²) in [6.45, 7) is 10.3. The van der Waals surface area contributed by atoms with Gasteiger partial charge in [-0.3, -0.25) is 14.3 Å². The minimum atomic E-state index is -0.0850. The lowest BCUT2D eigenvalue weighted by molar-refractivity contribution is -0.120. The number of aromatic hydroxyl groups is 1. The number of nitrogens with zero attached hydrogens (tertiary/aromatic N) is 4. The first-order chi connectivity index (χ1) is 25.9. The van der Waals surface area contributed by atoms with Crippen molar-refractivity contribution >= 4 is 46.5 Å². The number of phenolic OH excluding ortho intramolecular Hbond substituents is 1. The van der Waals surface area contributed by atoms with Crippen LogP contribution in [0.3, 0.4) is 0 Å². The molecule has 0 radical (unpaired) electrons. The van der Waals surface area contributed by atoms with E-state index in [1.165, 1.54) is 0 Å². The highest BCUT2D eigenvalue weighted by molar-refractivity contribution is 6.35. The third-order valence-corrected chi connectivity index (χ3v) is 11.2. The predicted octanol–water partition coefficient (Wildman–Crippen LogP) is 9.55. The molecule has 9 nitrogen and oxygen atoms in total. The number of halogens is 2. The minimum absolute atomic E-state index is 0.0850. The Balaban J connectivity index is 1.30. The molecule has 2 aromatic heterocycles. The quantitative estimate of drug-likeness (QED) is 0.104. The summed E-state index contributed by atoms with van der Waals surface area (Å²) < 4.78 is 15.6. The highest BCUT2D eigenvalue weighted by atomic mass is 35.5. The molecule has 6 aromatic rings. The van der Waals surface area contributed by atoms with Crippen molar-refractivity contribution in [3.63, 3.8) is 0 Å². The Morgan fingerprint density at radius 2 is 1.63 bits per heavy atom. The van der Waals surface area contributed by atoms with Crippen molar-refractivity contribution in [1.82, 2.24) is 19.2 Å². The van der Waals surface area contributed by atoms with Crippen molar-refractivity contribution in [3.05, 3.63) is 116 Å². The molecule has 0 fully saturated rings. The topological polar surface area (TPSA) is 98.8 Å². The first-order valence-corrected chi connectivity index (χ1v) is 18.8. The van der Waals surface area contributed by atoms with Gasteiger partial charge in [0.1, 0.15) is 22.9 Å². The van der Waals surface area contributed by atoms with Crippen molar-refractivity contribution in [3.8, 4) is 39.5 Å². The molecule has 7 rings (SSSR count). The van der Waals surface area contributed by atoms with Crippen LogP contribution in [0.2, 0.25) is 10.0 Å². The van der Waals surface area contributed by atoms with Crippen molar-refractivity contribution in [2.75, 3.05) is 13.2 Å². The molecular formula is C43H42Cl2N4O5. The van der Waals surface area contributed by atoms with Gasteiger partial charge in [-0.05, 0) is 129 Å². The molecule has 1 aliphatic rings. The number of carbonyl (C=O) groups is 2. The molecule has 11 heteroatoms. The summed E-state index contributed by atoms with van der Waals surface area (Å²) in [7, 11) is 1.93. The number of hydrogen-bond donors (Lipinski definition) is 1. The standard InChI is InChI=1S/C43H42Cl2N4O5/c1-25-18-33(19-26(2)40(25)45)53-17-6-8-35-36-13-14-37(44)39(38-27(3)46-47(5)28(38)4)41(36)49-16-7-15-48(43(52)42(35)49)23-29-20-31(22-34(21-29)54-24-50)30-9-11-32(51)12-10-30/h9-14,18-22,24,51H,6-8,15-17,23H2,1-5H3. The monoisotopic (exact) mass is 764 g/mol. The molecule has 0 aliphatic carbocycles. The van der Waals surface area contributed by atoms with Gasteiger partial charge in [0.25, 0.3) is 12.4 Å². The lowest BCUT2D eigenvalue weighted by Gasteiger charge is -2.22. The van der Waals surface area contributed by atoms with Gasteiger partial charge in [-0.15, -0.1) is 0 Å². The van der Waals surface area contributed by atoms with Crippen LogP contribution >= 0.6 is 23.2 Å². The van der Waals surface area contributed by atoms with Gasteiger partial charge < -0.3 is 24.0 Å². The summed E-state index contributed by atoms with van der Waals surface area (Å²) >= 11 is 13.5. The van der Waals surface area contributed by atoms with Gasteiger partial charge in [0, 0.05) is 53.9 Å². The molecule has 278 valence electrons. The molecule has 1 N–H and O–H groups in total. The fourth-order valence-electron chi connectivity index (χ4n) is 7.75. The molecule has 0 saturated heterocycles.